The van der Waals surface area contributed by atoms with Gasteiger partial charge in [0.05, 0.1) is 0 Å². The lowest BCUT2D eigenvalue weighted by Crippen LogP contribution is -2.17. The van der Waals surface area contributed by atoms with Gasteiger partial charge in [0.15, 0.2) is 0 Å². The molecule has 0 saturated carbocycles. The molecule has 0 aliphatic carbocycles. The third kappa shape index (κ3) is 3.87. The van der Waals surface area contributed by atoms with Crippen LogP contribution in [-0.2, 0) is 16.1 Å². The van der Waals surface area contributed by atoms with E-state index in [-0.39, 0.29) is 12.5 Å². The third-order valence-corrected chi connectivity index (χ3v) is 4.01. The van der Waals surface area contributed by atoms with Crippen LogP contribution in [0.3, 0.4) is 0 Å². The second-order valence-corrected chi connectivity index (χ2v) is 6.08. The van der Waals surface area contributed by atoms with Crippen molar-refractivity contribution in [2.75, 3.05) is 5.32 Å². The Morgan fingerprint density at radius 1 is 1.23 bits per heavy atom. The molecule has 1 aromatic carbocycles. The number of nitrogens with zero attached hydrogens (tertiary/aromatic N) is 1. The fraction of sp³-hybridized carbons (Fsp3) is 0.412. The topological polar surface area (TPSA) is 71.3 Å². The van der Waals surface area contributed by atoms with Gasteiger partial charge in [-0.1, -0.05) is 20.8 Å². The molecule has 2 N–H and O–H groups in total. The number of rotatable bonds is 6. The van der Waals surface area contributed by atoms with Gasteiger partial charge in [0.25, 0.3) is 0 Å². The zero-order valence-electron chi connectivity index (χ0n) is 13.2. The van der Waals surface area contributed by atoms with Crippen LogP contribution in [0.4, 0.5) is 5.69 Å². The zero-order chi connectivity index (χ0) is 16.3. The molecule has 1 aromatic heterocycles. The van der Waals surface area contributed by atoms with Crippen LogP contribution in [0.15, 0.2) is 30.5 Å². The lowest BCUT2D eigenvalue weighted by molar-refractivity contribution is -0.137. The van der Waals surface area contributed by atoms with E-state index in [2.05, 4.69) is 26.1 Å². The number of aliphatic carboxylic acids is 1. The fourth-order valence-electron chi connectivity index (χ4n) is 2.30. The summed E-state index contributed by atoms with van der Waals surface area (Å²) in [6.07, 6.45) is 2.24. The van der Waals surface area contributed by atoms with Crippen molar-refractivity contribution in [1.29, 1.82) is 0 Å². The summed E-state index contributed by atoms with van der Waals surface area (Å²) < 4.78 is 1.67. The molecule has 0 fully saturated rings. The van der Waals surface area contributed by atoms with E-state index in [9.17, 15) is 9.59 Å². The van der Waals surface area contributed by atoms with Crippen molar-refractivity contribution in [3.05, 3.63) is 30.5 Å². The Hall–Kier alpha value is -2.30. The van der Waals surface area contributed by atoms with Gasteiger partial charge < -0.3 is 15.0 Å². The van der Waals surface area contributed by atoms with Gasteiger partial charge in [0, 0.05) is 29.2 Å². The van der Waals surface area contributed by atoms with Crippen LogP contribution in [0.1, 0.15) is 27.2 Å². The molecule has 1 heterocycles. The van der Waals surface area contributed by atoms with E-state index < -0.39 is 5.97 Å². The van der Waals surface area contributed by atoms with Gasteiger partial charge in [-0.3, -0.25) is 9.59 Å². The predicted octanol–water partition coefficient (Wildman–Crippen LogP) is 3.35. The van der Waals surface area contributed by atoms with E-state index in [1.165, 1.54) is 0 Å². The van der Waals surface area contributed by atoms with Crippen molar-refractivity contribution in [3.8, 4) is 0 Å². The van der Waals surface area contributed by atoms with Gasteiger partial charge in [-0.25, -0.2) is 0 Å². The number of hydrogen-bond donors (Lipinski definition) is 2. The van der Waals surface area contributed by atoms with E-state index in [1.807, 2.05) is 18.2 Å². The zero-order valence-corrected chi connectivity index (χ0v) is 13.2. The van der Waals surface area contributed by atoms with Crippen LogP contribution in [0.5, 0.6) is 0 Å². The number of benzene rings is 1. The van der Waals surface area contributed by atoms with Gasteiger partial charge in [0.2, 0.25) is 5.91 Å². The van der Waals surface area contributed by atoms with Crippen LogP contribution in [0.25, 0.3) is 10.9 Å². The highest BCUT2D eigenvalue weighted by molar-refractivity contribution is 5.94. The average Bonchev–Trinajstić information content (AvgIpc) is 2.80. The first-order valence-electron chi connectivity index (χ1n) is 7.47. The Balaban J connectivity index is 2.10. The minimum atomic E-state index is -0.877. The Bertz CT molecular complexity index is 688. The van der Waals surface area contributed by atoms with E-state index in [0.717, 1.165) is 16.6 Å². The molecule has 1 amide bonds. The number of carbonyl (C=O) groups excluding carboxylic acids is 1. The van der Waals surface area contributed by atoms with E-state index in [4.69, 9.17) is 5.11 Å². The third-order valence-electron chi connectivity index (χ3n) is 4.01. The minimum Gasteiger partial charge on any atom is -0.480 e. The molecule has 118 valence electrons. The maximum atomic E-state index is 12.0. The summed E-state index contributed by atoms with van der Waals surface area (Å²) in [7, 11) is 0. The van der Waals surface area contributed by atoms with Crippen molar-refractivity contribution in [2.24, 2.45) is 11.8 Å². The van der Waals surface area contributed by atoms with Gasteiger partial charge in [0.1, 0.15) is 6.54 Å². The molecule has 0 spiro atoms. The Labute approximate surface area is 129 Å². The van der Waals surface area contributed by atoms with Crippen LogP contribution in [-0.4, -0.2) is 21.6 Å². The summed E-state index contributed by atoms with van der Waals surface area (Å²) >= 11 is 0. The number of fused-ring (bicyclic) bond motifs is 1. The van der Waals surface area contributed by atoms with Crippen molar-refractivity contribution >= 4 is 28.5 Å². The first-order valence-corrected chi connectivity index (χ1v) is 7.47. The fourth-order valence-corrected chi connectivity index (χ4v) is 2.30. The van der Waals surface area contributed by atoms with Crippen molar-refractivity contribution in [2.45, 2.75) is 33.7 Å². The highest BCUT2D eigenvalue weighted by Gasteiger charge is 2.13. The van der Waals surface area contributed by atoms with Gasteiger partial charge in [-0.05, 0) is 36.1 Å². The molecule has 2 aromatic rings. The summed E-state index contributed by atoms with van der Waals surface area (Å²) in [5, 5.41) is 12.7. The average molecular weight is 302 g/mol. The predicted molar refractivity (Wildman–Crippen MR) is 86.8 cm³/mol. The van der Waals surface area contributed by atoms with Crippen molar-refractivity contribution in [3.63, 3.8) is 0 Å². The summed E-state index contributed by atoms with van der Waals surface area (Å²) in [4.78, 5) is 22.8. The number of hydrogen-bond acceptors (Lipinski definition) is 2. The maximum absolute atomic E-state index is 12.0. The van der Waals surface area contributed by atoms with Gasteiger partial charge in [-0.15, -0.1) is 0 Å². The lowest BCUT2D eigenvalue weighted by atomic mass is 9.94. The van der Waals surface area contributed by atoms with Crippen molar-refractivity contribution in [1.82, 2.24) is 4.57 Å². The van der Waals surface area contributed by atoms with Crippen LogP contribution in [0, 0.1) is 11.8 Å². The van der Waals surface area contributed by atoms with E-state index >= 15 is 0 Å². The molecule has 2 rings (SSSR count). The number of nitrogens with one attached hydrogen (secondary N) is 1. The molecule has 0 saturated heterocycles. The van der Waals surface area contributed by atoms with Crippen molar-refractivity contribution < 1.29 is 14.7 Å². The summed E-state index contributed by atoms with van der Waals surface area (Å²) in [5.74, 6) is -0.0678. The molecule has 22 heavy (non-hydrogen) atoms. The molecule has 1 unspecified atom stereocenters. The molecule has 0 aliphatic rings. The Morgan fingerprint density at radius 3 is 2.59 bits per heavy atom. The minimum absolute atomic E-state index is 0.00511. The van der Waals surface area contributed by atoms with Crippen LogP contribution < -0.4 is 5.32 Å². The maximum Gasteiger partial charge on any atom is 0.323 e. The second kappa shape index (κ2) is 6.64. The molecule has 0 bridgehead atoms. The smallest absolute Gasteiger partial charge is 0.323 e. The summed E-state index contributed by atoms with van der Waals surface area (Å²) in [6.45, 7) is 6.21. The highest BCUT2D eigenvalue weighted by Crippen LogP contribution is 2.21. The van der Waals surface area contributed by atoms with E-state index in [1.54, 1.807) is 16.8 Å². The number of carbonyl (C=O) groups is 2. The quantitative estimate of drug-likeness (QED) is 0.859. The van der Waals surface area contributed by atoms with Crippen LogP contribution >= 0.6 is 0 Å². The molecule has 5 nitrogen and oxygen atoms in total. The van der Waals surface area contributed by atoms with Crippen LogP contribution in [0.2, 0.25) is 0 Å². The molecular formula is C17H22N2O3. The number of carboxylic acids is 1. The molecule has 1 atom stereocenters. The molecule has 0 aliphatic heterocycles. The lowest BCUT2D eigenvalue weighted by Gasteiger charge is -2.15. The first kappa shape index (κ1) is 16.1. The summed E-state index contributed by atoms with van der Waals surface area (Å²) in [6, 6.07) is 7.36. The Morgan fingerprint density at radius 2 is 1.95 bits per heavy atom. The largest absolute Gasteiger partial charge is 0.480 e. The highest BCUT2D eigenvalue weighted by atomic mass is 16.4. The molecule has 0 radical (unpaired) electrons. The Kier molecular flexibility index (Phi) is 4.85. The second-order valence-electron chi connectivity index (χ2n) is 6.08. The standard InChI is InChI=1S/C17H22N2O3/c1-11(2)12(3)8-16(20)18-14-4-5-15-13(9-14)6-7-19(15)10-17(21)22/h4-7,9,11-12H,8,10H2,1-3H3,(H,18,20)(H,21,22). The number of anilines is 1. The normalized spacial score (nSPS) is 12.5. The molecule has 5 heteroatoms. The first-order chi connectivity index (χ1) is 10.4. The monoisotopic (exact) mass is 302 g/mol. The summed E-state index contributed by atoms with van der Waals surface area (Å²) in [5.41, 5.74) is 1.58. The molecular weight excluding hydrogens is 280 g/mol. The number of amides is 1. The van der Waals surface area contributed by atoms with Gasteiger partial charge >= 0.3 is 5.97 Å². The SMILES string of the molecule is CC(C)C(C)CC(=O)Nc1ccc2c(ccn2CC(=O)O)c1. The number of aromatic nitrogens is 1. The van der Waals surface area contributed by atoms with Gasteiger partial charge in [-0.2, -0.15) is 0 Å². The van der Waals surface area contributed by atoms with E-state index in [0.29, 0.717) is 18.3 Å². The number of carboxylic acid groups (broad SMARTS) is 1.